The van der Waals surface area contributed by atoms with Gasteiger partial charge in [-0.1, -0.05) is 37.3 Å². The smallest absolute Gasteiger partial charge is 0.220 e. The van der Waals surface area contributed by atoms with Gasteiger partial charge in [-0.3, -0.25) is 4.79 Å². The van der Waals surface area contributed by atoms with Crippen LogP contribution < -0.4 is 10.6 Å². The highest BCUT2D eigenvalue weighted by atomic mass is 16.5. The number of carbonyl (C=O) groups is 1. The summed E-state index contributed by atoms with van der Waals surface area (Å²) >= 11 is 0. The summed E-state index contributed by atoms with van der Waals surface area (Å²) in [5.41, 5.74) is 1.03. The van der Waals surface area contributed by atoms with Crippen molar-refractivity contribution < 1.29 is 13.7 Å². The van der Waals surface area contributed by atoms with Gasteiger partial charge < -0.3 is 19.6 Å². The number of carbonyl (C=O) groups excluding carboxylic acids is 1. The van der Waals surface area contributed by atoms with Crippen LogP contribution in [0.2, 0.25) is 0 Å². The maximum absolute atomic E-state index is 12.4. The fraction of sp³-hybridized carbons (Fsp3) is 0.652. The molecule has 2 aliphatic rings. The minimum Gasteiger partial charge on any atom is -0.467 e. The van der Waals surface area contributed by atoms with Gasteiger partial charge in [0, 0.05) is 18.9 Å². The number of nitrogens with zero attached hydrogens (tertiary/aromatic N) is 1. The van der Waals surface area contributed by atoms with Crippen LogP contribution >= 0.6 is 0 Å². The van der Waals surface area contributed by atoms with Crippen molar-refractivity contribution in [1.29, 1.82) is 0 Å². The molecule has 1 saturated carbocycles. The van der Waals surface area contributed by atoms with Gasteiger partial charge in [0.05, 0.1) is 18.5 Å². The van der Waals surface area contributed by atoms with Crippen LogP contribution in [0.15, 0.2) is 33.4 Å². The first kappa shape index (κ1) is 20.2. The molecule has 1 amide bonds. The number of furan rings is 1. The Labute approximate surface area is 172 Å². The fourth-order valence-electron chi connectivity index (χ4n) is 4.89. The van der Waals surface area contributed by atoms with Crippen LogP contribution in [-0.2, 0) is 24.2 Å². The van der Waals surface area contributed by atoms with E-state index in [0.717, 1.165) is 55.5 Å². The summed E-state index contributed by atoms with van der Waals surface area (Å²) < 4.78 is 10.9. The largest absolute Gasteiger partial charge is 0.467 e. The lowest BCUT2D eigenvalue weighted by Crippen LogP contribution is -2.40. The van der Waals surface area contributed by atoms with Gasteiger partial charge in [0.25, 0.3) is 0 Å². The molecule has 29 heavy (non-hydrogen) atoms. The summed E-state index contributed by atoms with van der Waals surface area (Å²) in [5, 5.41) is 10.8. The topological polar surface area (TPSA) is 80.3 Å². The number of hydrogen-bond donors (Lipinski definition) is 2. The Hall–Kier alpha value is -2.08. The second-order valence-corrected chi connectivity index (χ2v) is 8.77. The van der Waals surface area contributed by atoms with E-state index in [-0.39, 0.29) is 5.91 Å². The van der Waals surface area contributed by atoms with Crippen molar-refractivity contribution >= 4 is 5.91 Å². The summed E-state index contributed by atoms with van der Waals surface area (Å²) in [6, 6.07) is 5.87. The zero-order valence-corrected chi connectivity index (χ0v) is 17.2. The van der Waals surface area contributed by atoms with Crippen LogP contribution in [0.4, 0.5) is 0 Å². The van der Waals surface area contributed by atoms with Crippen molar-refractivity contribution in [2.45, 2.75) is 64.3 Å². The first-order chi connectivity index (χ1) is 14.3. The molecule has 0 aromatic carbocycles. The van der Waals surface area contributed by atoms with E-state index in [1.807, 2.05) is 12.1 Å². The minimum absolute atomic E-state index is 0.0939. The second-order valence-electron chi connectivity index (χ2n) is 8.77. The molecule has 1 aliphatic heterocycles. The fourth-order valence-corrected chi connectivity index (χ4v) is 4.89. The van der Waals surface area contributed by atoms with E-state index in [4.69, 9.17) is 8.94 Å². The second kappa shape index (κ2) is 10.1. The van der Waals surface area contributed by atoms with Gasteiger partial charge in [-0.25, -0.2) is 0 Å². The first-order valence-corrected chi connectivity index (χ1v) is 11.2. The molecule has 1 aliphatic carbocycles. The van der Waals surface area contributed by atoms with Crippen LogP contribution in [0.1, 0.15) is 62.2 Å². The molecule has 2 fully saturated rings. The molecular weight excluding hydrogens is 366 g/mol. The molecule has 1 saturated heterocycles. The minimum atomic E-state index is 0.0939. The molecule has 0 radical (unpaired) electrons. The van der Waals surface area contributed by atoms with Crippen molar-refractivity contribution in [3.05, 3.63) is 41.7 Å². The Kier molecular flexibility index (Phi) is 7.04. The van der Waals surface area contributed by atoms with Gasteiger partial charge in [0.2, 0.25) is 5.91 Å². The standard InChI is InChI=1S/C23H33N3O3/c27-23(25-16-21-7-4-10-28-21)13-18-8-9-24-15-19(18)12-20-14-22(29-26-20)11-17-5-2-1-3-6-17/h4,7,10,14,17-19,24H,1-3,5-6,8-9,11-13,15-16H2,(H,25,27)/t18-,19+/m1/s1. The molecule has 0 bridgehead atoms. The van der Waals surface area contributed by atoms with Gasteiger partial charge in [-0.05, 0) is 55.8 Å². The molecule has 3 heterocycles. The number of hydrogen-bond acceptors (Lipinski definition) is 5. The molecule has 2 N–H and O–H groups in total. The maximum Gasteiger partial charge on any atom is 0.220 e. The monoisotopic (exact) mass is 399 g/mol. The number of nitrogens with one attached hydrogen (secondary N) is 2. The summed E-state index contributed by atoms with van der Waals surface area (Å²) in [7, 11) is 0. The number of piperidine rings is 1. The molecular formula is C23H33N3O3. The van der Waals surface area contributed by atoms with Gasteiger partial charge in [0.15, 0.2) is 0 Å². The Bertz CT molecular complexity index is 749. The zero-order chi connectivity index (χ0) is 19.9. The molecule has 6 nitrogen and oxygen atoms in total. The highest BCUT2D eigenvalue weighted by Crippen LogP contribution is 2.29. The molecule has 2 atom stereocenters. The third-order valence-corrected chi connectivity index (χ3v) is 6.55. The van der Waals surface area contributed by atoms with Crippen molar-refractivity contribution in [3.63, 3.8) is 0 Å². The highest BCUT2D eigenvalue weighted by Gasteiger charge is 2.28. The lowest BCUT2D eigenvalue weighted by molar-refractivity contribution is -0.122. The predicted octanol–water partition coefficient (Wildman–Crippen LogP) is 3.87. The van der Waals surface area contributed by atoms with E-state index in [9.17, 15) is 4.79 Å². The number of aromatic nitrogens is 1. The Morgan fingerprint density at radius 3 is 2.86 bits per heavy atom. The van der Waals surface area contributed by atoms with Crippen LogP contribution in [0.3, 0.4) is 0 Å². The van der Waals surface area contributed by atoms with Gasteiger partial charge >= 0.3 is 0 Å². The molecule has 158 valence electrons. The van der Waals surface area contributed by atoms with Crippen LogP contribution in [-0.4, -0.2) is 24.2 Å². The van der Waals surface area contributed by atoms with Crippen molar-refractivity contribution in [2.75, 3.05) is 13.1 Å². The Balaban J connectivity index is 1.27. The van der Waals surface area contributed by atoms with E-state index >= 15 is 0 Å². The maximum atomic E-state index is 12.4. The number of rotatable bonds is 8. The van der Waals surface area contributed by atoms with Gasteiger partial charge in [-0.2, -0.15) is 0 Å². The average Bonchev–Trinajstić information content (AvgIpc) is 3.41. The molecule has 6 heteroatoms. The predicted molar refractivity (Wildman–Crippen MR) is 110 cm³/mol. The Morgan fingerprint density at radius 2 is 2.03 bits per heavy atom. The van der Waals surface area contributed by atoms with E-state index in [2.05, 4.69) is 21.9 Å². The molecule has 2 aromatic rings. The summed E-state index contributed by atoms with van der Waals surface area (Å²) in [6.45, 7) is 2.36. The SMILES string of the molecule is O=C(C[C@H]1CCNC[C@@H]1Cc1cc(CC2CCCCC2)on1)NCc1ccco1. The van der Waals surface area contributed by atoms with Crippen LogP contribution in [0, 0.1) is 17.8 Å². The summed E-state index contributed by atoms with van der Waals surface area (Å²) in [6.07, 6.45) is 11.8. The van der Waals surface area contributed by atoms with Crippen LogP contribution in [0.5, 0.6) is 0 Å². The van der Waals surface area contributed by atoms with Crippen LogP contribution in [0.25, 0.3) is 0 Å². The van der Waals surface area contributed by atoms with Crippen molar-refractivity contribution in [1.82, 2.24) is 15.8 Å². The molecule has 4 rings (SSSR count). The average molecular weight is 400 g/mol. The lowest BCUT2D eigenvalue weighted by atomic mass is 9.81. The first-order valence-electron chi connectivity index (χ1n) is 11.2. The number of amides is 1. The van der Waals surface area contributed by atoms with Crippen molar-refractivity contribution in [2.24, 2.45) is 17.8 Å². The zero-order valence-electron chi connectivity index (χ0n) is 17.2. The highest BCUT2D eigenvalue weighted by molar-refractivity contribution is 5.76. The summed E-state index contributed by atoms with van der Waals surface area (Å²) in [5.74, 6) is 3.44. The normalized spacial score (nSPS) is 23.2. The quantitative estimate of drug-likeness (QED) is 0.704. The third kappa shape index (κ3) is 5.95. The van der Waals surface area contributed by atoms with Gasteiger partial charge in [0.1, 0.15) is 11.5 Å². The van der Waals surface area contributed by atoms with Crippen molar-refractivity contribution in [3.8, 4) is 0 Å². The Morgan fingerprint density at radius 1 is 1.14 bits per heavy atom. The van der Waals surface area contributed by atoms with E-state index < -0.39 is 0 Å². The molecule has 0 unspecified atom stereocenters. The lowest BCUT2D eigenvalue weighted by Gasteiger charge is -2.31. The van der Waals surface area contributed by atoms with E-state index in [1.165, 1.54) is 32.1 Å². The molecule has 2 aromatic heterocycles. The molecule has 0 spiro atoms. The van der Waals surface area contributed by atoms with Gasteiger partial charge in [-0.15, -0.1) is 0 Å². The van der Waals surface area contributed by atoms with E-state index in [1.54, 1.807) is 6.26 Å². The van der Waals surface area contributed by atoms with E-state index in [0.29, 0.717) is 24.8 Å². The summed E-state index contributed by atoms with van der Waals surface area (Å²) in [4.78, 5) is 12.4. The third-order valence-electron chi connectivity index (χ3n) is 6.55.